The molecule has 1 heterocycles. The van der Waals surface area contributed by atoms with E-state index < -0.39 is 11.5 Å². The van der Waals surface area contributed by atoms with Gasteiger partial charge >= 0.3 is 5.97 Å². The molecule has 8 nitrogen and oxygen atoms in total. The average molecular weight is 692 g/mol. The van der Waals surface area contributed by atoms with Gasteiger partial charge in [0.1, 0.15) is 11.3 Å². The summed E-state index contributed by atoms with van der Waals surface area (Å²) in [5.41, 5.74) is 8.39. The Balaban J connectivity index is 1.09. The number of carbonyl (C=O) groups is 4. The maximum Gasteiger partial charge on any atom is 0.306 e. The predicted molar refractivity (Wildman–Crippen MR) is 194 cm³/mol. The second-order valence-electron chi connectivity index (χ2n) is 20.0. The summed E-state index contributed by atoms with van der Waals surface area (Å²) in [5.74, 6) is 2.01. The van der Waals surface area contributed by atoms with E-state index in [0.717, 1.165) is 44.1 Å². The summed E-state index contributed by atoms with van der Waals surface area (Å²) in [4.78, 5) is 51.9. The number of aliphatic carboxylic acids is 1. The first-order valence-corrected chi connectivity index (χ1v) is 20.2. The fourth-order valence-corrected chi connectivity index (χ4v) is 14.3. The summed E-state index contributed by atoms with van der Waals surface area (Å²) in [5, 5.41) is 15.8. The van der Waals surface area contributed by atoms with Crippen molar-refractivity contribution < 1.29 is 24.3 Å². The van der Waals surface area contributed by atoms with Crippen LogP contribution in [0, 0.1) is 74.9 Å². The summed E-state index contributed by atoms with van der Waals surface area (Å²) >= 11 is 0. The van der Waals surface area contributed by atoms with Gasteiger partial charge in [0.25, 0.3) is 0 Å². The van der Waals surface area contributed by atoms with Crippen LogP contribution in [0.5, 0.6) is 0 Å². The van der Waals surface area contributed by atoms with Gasteiger partial charge in [-0.15, -0.1) is 0 Å². The van der Waals surface area contributed by atoms with Crippen molar-refractivity contribution in [2.45, 2.75) is 131 Å². The fraction of sp³-hybridized carbons (Fsp3) is 0.857. The van der Waals surface area contributed by atoms with Crippen LogP contribution in [0.1, 0.15) is 126 Å². The lowest BCUT2D eigenvalue weighted by atomic mass is 9.35. The number of Topliss-reactive ketones (excluding diaryl/α,β-unsaturated/α-hetero) is 2. The molecule has 6 fully saturated rings. The maximum atomic E-state index is 13.9. The highest BCUT2D eigenvalue weighted by atomic mass is 16.4. The number of ketones is 2. The van der Waals surface area contributed by atoms with E-state index in [1.807, 2.05) is 6.92 Å². The van der Waals surface area contributed by atoms with Gasteiger partial charge in [-0.25, -0.2) is 0 Å². The van der Waals surface area contributed by atoms with Crippen LogP contribution in [0.25, 0.3) is 0 Å². The lowest BCUT2D eigenvalue weighted by molar-refractivity contribution is -0.193. The molecule has 0 bridgehead atoms. The second-order valence-corrected chi connectivity index (χ2v) is 20.0. The number of hydrogen-bond acceptors (Lipinski definition) is 6. The van der Waals surface area contributed by atoms with Gasteiger partial charge in [0.15, 0.2) is 5.78 Å². The smallest absolute Gasteiger partial charge is 0.306 e. The third-order valence-corrected chi connectivity index (χ3v) is 17.2. The molecule has 7 rings (SSSR count). The van der Waals surface area contributed by atoms with Crippen LogP contribution in [0.3, 0.4) is 0 Å². The molecule has 0 aromatic carbocycles. The highest BCUT2D eigenvalue weighted by Crippen LogP contribution is 2.74. The number of carboxylic acid groups (broad SMARTS) is 1. The van der Waals surface area contributed by atoms with Crippen LogP contribution in [0.15, 0.2) is 11.1 Å². The Morgan fingerprint density at radius 3 is 2.26 bits per heavy atom. The van der Waals surface area contributed by atoms with Gasteiger partial charge in [-0.3, -0.25) is 19.2 Å². The number of carbonyl (C=O) groups excluding carboxylic acids is 3. The van der Waals surface area contributed by atoms with E-state index in [1.54, 1.807) is 0 Å². The molecule has 5 N–H and O–H groups in total. The predicted octanol–water partition coefficient (Wildman–Crippen LogP) is 6.32. The Kier molecular flexibility index (Phi) is 8.89. The van der Waals surface area contributed by atoms with E-state index >= 15 is 0 Å². The number of nitrogens with two attached hydrogens (primary N) is 1. The first-order chi connectivity index (χ1) is 23.4. The van der Waals surface area contributed by atoms with E-state index in [1.165, 1.54) is 24.8 Å². The van der Waals surface area contributed by atoms with Gasteiger partial charge < -0.3 is 21.5 Å². The van der Waals surface area contributed by atoms with E-state index in [4.69, 9.17) is 5.73 Å². The SMILES string of the molecule is CC(C)C1=C2C3CCC4C(C)(CCC5C(C)(C)C(CC(=O)C6CC(C(=O)O)C6C)CCC54C)C3CCC2(CCNC(=O)C2(N)CNC2)CC1=O. The van der Waals surface area contributed by atoms with Gasteiger partial charge in [0.05, 0.1) is 5.92 Å². The molecule has 1 amide bonds. The topological polar surface area (TPSA) is 139 Å². The Labute approximate surface area is 300 Å². The normalized spacial score (nSPS) is 44.2. The van der Waals surface area contributed by atoms with Crippen molar-refractivity contribution >= 4 is 23.4 Å². The van der Waals surface area contributed by atoms with Crippen LogP contribution < -0.4 is 16.4 Å². The molecule has 50 heavy (non-hydrogen) atoms. The first kappa shape index (κ1) is 36.3. The number of carboxylic acids is 1. The average Bonchev–Trinajstić information content (AvgIpc) is 3.32. The molecule has 1 saturated heterocycles. The number of rotatable bonds is 9. The Bertz CT molecular complexity index is 1480. The van der Waals surface area contributed by atoms with E-state index in [2.05, 4.69) is 52.2 Å². The fourth-order valence-electron chi connectivity index (χ4n) is 14.3. The molecular formula is C42H65N3O5. The van der Waals surface area contributed by atoms with Crippen LogP contribution in [-0.4, -0.2) is 53.7 Å². The summed E-state index contributed by atoms with van der Waals surface area (Å²) in [6.07, 6.45) is 11.6. The molecule has 278 valence electrons. The third kappa shape index (κ3) is 5.25. The van der Waals surface area contributed by atoms with Crippen LogP contribution in [0.4, 0.5) is 0 Å². The third-order valence-electron chi connectivity index (χ3n) is 17.2. The van der Waals surface area contributed by atoms with Crippen molar-refractivity contribution in [3.05, 3.63) is 11.1 Å². The zero-order chi connectivity index (χ0) is 36.2. The highest BCUT2D eigenvalue weighted by Gasteiger charge is 2.66. The van der Waals surface area contributed by atoms with Gasteiger partial charge in [-0.1, -0.05) is 54.0 Å². The summed E-state index contributed by atoms with van der Waals surface area (Å²) in [6, 6.07) is 0. The number of nitrogens with one attached hydrogen (secondary N) is 2. The van der Waals surface area contributed by atoms with E-state index in [0.29, 0.717) is 80.1 Å². The van der Waals surface area contributed by atoms with Crippen molar-refractivity contribution in [1.29, 1.82) is 0 Å². The molecular weight excluding hydrogens is 626 g/mol. The lowest BCUT2D eigenvalue weighted by Crippen LogP contribution is -2.72. The number of hydrogen-bond donors (Lipinski definition) is 4. The van der Waals surface area contributed by atoms with Gasteiger partial charge in [-0.2, -0.15) is 0 Å². The molecule has 0 radical (unpaired) electrons. The van der Waals surface area contributed by atoms with Crippen molar-refractivity contribution in [2.75, 3.05) is 19.6 Å². The standard InChI is InChI=1S/C42H65N3O5/c1-23(2)34-31(47)20-41(16-17-45-37(50)42(43)21-44-22-42)15-11-29-26(35(34)41)8-9-33-39(29,6)14-12-32-38(4,5)25(10-13-40(32,33)7)18-30(46)27-19-28(24(27)3)36(48)49/h23-29,32-33,44H,8-22,43H2,1-7H3,(H,45,50)(H,48,49). The van der Waals surface area contributed by atoms with Crippen molar-refractivity contribution in [3.8, 4) is 0 Å². The molecule has 6 aliphatic carbocycles. The van der Waals surface area contributed by atoms with Gasteiger partial charge in [-0.05, 0) is 127 Å². The molecule has 0 aromatic rings. The minimum Gasteiger partial charge on any atom is -0.481 e. The molecule has 11 unspecified atom stereocenters. The van der Waals surface area contributed by atoms with Gasteiger partial charge in [0.2, 0.25) is 5.91 Å². The van der Waals surface area contributed by atoms with Crippen molar-refractivity contribution in [1.82, 2.24) is 10.6 Å². The maximum absolute atomic E-state index is 13.9. The first-order valence-electron chi connectivity index (χ1n) is 20.2. The zero-order valence-electron chi connectivity index (χ0n) is 32.0. The number of amides is 1. The Morgan fingerprint density at radius 2 is 1.64 bits per heavy atom. The van der Waals surface area contributed by atoms with Crippen LogP contribution in [-0.2, 0) is 19.2 Å². The molecule has 8 heteroatoms. The summed E-state index contributed by atoms with van der Waals surface area (Å²) in [6.45, 7) is 18.0. The quantitative estimate of drug-likeness (QED) is 0.222. The highest BCUT2D eigenvalue weighted by molar-refractivity contribution is 6.00. The summed E-state index contributed by atoms with van der Waals surface area (Å²) in [7, 11) is 0. The minimum atomic E-state index is -0.811. The summed E-state index contributed by atoms with van der Waals surface area (Å²) < 4.78 is 0. The molecule has 0 aromatic heterocycles. The van der Waals surface area contributed by atoms with E-state index in [9.17, 15) is 24.3 Å². The largest absolute Gasteiger partial charge is 0.481 e. The van der Waals surface area contributed by atoms with Gasteiger partial charge in [0, 0.05) is 43.8 Å². The minimum absolute atomic E-state index is 0.0506. The van der Waals surface area contributed by atoms with Crippen LogP contribution >= 0.6 is 0 Å². The van der Waals surface area contributed by atoms with Crippen molar-refractivity contribution in [3.63, 3.8) is 0 Å². The lowest BCUT2D eigenvalue weighted by Gasteiger charge is -2.69. The van der Waals surface area contributed by atoms with E-state index in [-0.39, 0.29) is 51.2 Å². The monoisotopic (exact) mass is 691 g/mol. The molecule has 5 saturated carbocycles. The van der Waals surface area contributed by atoms with Crippen molar-refractivity contribution in [2.24, 2.45) is 80.7 Å². The Hall–Kier alpha value is -2.06. The zero-order valence-corrected chi connectivity index (χ0v) is 32.0. The second kappa shape index (κ2) is 12.2. The molecule has 1 aliphatic heterocycles. The number of allylic oxidation sites excluding steroid dienone is 2. The van der Waals surface area contributed by atoms with Crippen LogP contribution in [0.2, 0.25) is 0 Å². The molecule has 11 atom stereocenters. The molecule has 7 aliphatic rings. The number of fused-ring (bicyclic) bond motifs is 7. The molecule has 0 spiro atoms. The Morgan fingerprint density at radius 1 is 0.940 bits per heavy atom.